The molecule has 0 radical (unpaired) electrons. The Bertz CT molecular complexity index is 471. The lowest BCUT2D eigenvalue weighted by molar-refractivity contribution is 1.24. The molecule has 2 aromatic rings. The molecule has 13 heavy (non-hydrogen) atoms. The van der Waals surface area contributed by atoms with Crippen LogP contribution in [0.3, 0.4) is 0 Å². The van der Waals surface area contributed by atoms with Gasteiger partial charge in [-0.3, -0.25) is 9.97 Å². The van der Waals surface area contributed by atoms with Crippen LogP contribution < -0.4 is 0 Å². The van der Waals surface area contributed by atoms with Gasteiger partial charge >= 0.3 is 0 Å². The van der Waals surface area contributed by atoms with Gasteiger partial charge in [-0.2, -0.15) is 5.26 Å². The van der Waals surface area contributed by atoms with E-state index in [4.69, 9.17) is 5.26 Å². The summed E-state index contributed by atoms with van der Waals surface area (Å²) in [5, 5.41) is 8.51. The van der Waals surface area contributed by atoms with Crippen molar-refractivity contribution in [1.82, 2.24) is 9.97 Å². The zero-order valence-electron chi connectivity index (χ0n) is 6.94. The molecular weight excluding hydrogens is 162 g/mol. The Morgan fingerprint density at radius 1 is 1.15 bits per heavy atom. The smallest absolute Gasteiger partial charge is 0.0889 e. The van der Waals surface area contributed by atoms with Crippen LogP contribution in [0.4, 0.5) is 0 Å². The molecule has 0 unspecified atom stereocenters. The quantitative estimate of drug-likeness (QED) is 0.652. The molecule has 0 saturated carbocycles. The van der Waals surface area contributed by atoms with Gasteiger partial charge in [0, 0.05) is 12.4 Å². The Morgan fingerprint density at radius 2 is 1.92 bits per heavy atom. The molecule has 0 aliphatic carbocycles. The summed E-state index contributed by atoms with van der Waals surface area (Å²) in [6, 6.07) is 7.78. The zero-order valence-corrected chi connectivity index (χ0v) is 6.94. The normalized spacial score (nSPS) is 9.77. The van der Waals surface area contributed by atoms with Gasteiger partial charge in [0.15, 0.2) is 0 Å². The van der Waals surface area contributed by atoms with E-state index in [2.05, 4.69) is 16.0 Å². The molecule has 0 spiro atoms. The molecule has 0 aliphatic rings. The summed E-state index contributed by atoms with van der Waals surface area (Å²) in [6.45, 7) is 0. The first-order valence-corrected chi connectivity index (χ1v) is 3.97. The first kappa shape index (κ1) is 7.69. The fourth-order valence-corrected chi connectivity index (χ4v) is 1.21. The van der Waals surface area contributed by atoms with Gasteiger partial charge in [0.25, 0.3) is 0 Å². The first-order valence-electron chi connectivity index (χ1n) is 3.97. The molecule has 0 saturated heterocycles. The zero-order chi connectivity index (χ0) is 9.10. The van der Waals surface area contributed by atoms with E-state index in [9.17, 15) is 0 Å². The van der Waals surface area contributed by atoms with E-state index in [0.717, 1.165) is 16.6 Å². The maximum Gasteiger partial charge on any atom is 0.0889 e. The third-order valence-corrected chi connectivity index (χ3v) is 1.82. The van der Waals surface area contributed by atoms with Crippen LogP contribution in [0.15, 0.2) is 30.6 Å². The van der Waals surface area contributed by atoms with E-state index >= 15 is 0 Å². The minimum absolute atomic E-state index is 0.423. The number of nitriles is 1. The van der Waals surface area contributed by atoms with Gasteiger partial charge in [-0.15, -0.1) is 0 Å². The number of aromatic nitrogens is 2. The van der Waals surface area contributed by atoms with E-state index in [0.29, 0.717) is 6.42 Å². The van der Waals surface area contributed by atoms with E-state index in [1.54, 1.807) is 12.4 Å². The number of hydrogen-bond donors (Lipinski definition) is 0. The van der Waals surface area contributed by atoms with Gasteiger partial charge in [-0.05, 0) is 17.7 Å². The van der Waals surface area contributed by atoms with Crippen molar-refractivity contribution < 1.29 is 0 Å². The van der Waals surface area contributed by atoms with Crippen molar-refractivity contribution >= 4 is 11.0 Å². The number of nitrogens with zero attached hydrogens (tertiary/aromatic N) is 3. The molecule has 0 fully saturated rings. The summed E-state index contributed by atoms with van der Waals surface area (Å²) in [5.41, 5.74) is 2.69. The molecular formula is C10H7N3. The molecule has 0 amide bonds. The van der Waals surface area contributed by atoms with Crippen LogP contribution in [0.25, 0.3) is 11.0 Å². The van der Waals surface area contributed by atoms with Crippen LogP contribution >= 0.6 is 0 Å². The van der Waals surface area contributed by atoms with Crippen molar-refractivity contribution in [2.45, 2.75) is 6.42 Å². The second kappa shape index (κ2) is 3.20. The predicted octanol–water partition coefficient (Wildman–Crippen LogP) is 1.70. The van der Waals surface area contributed by atoms with E-state index in [1.807, 2.05) is 18.2 Å². The molecule has 1 aromatic heterocycles. The molecule has 1 aromatic carbocycles. The highest BCUT2D eigenvalue weighted by Crippen LogP contribution is 2.10. The van der Waals surface area contributed by atoms with Crippen molar-refractivity contribution in [3.8, 4) is 6.07 Å². The molecule has 0 bridgehead atoms. The lowest BCUT2D eigenvalue weighted by atomic mass is 10.1. The second-order valence-electron chi connectivity index (χ2n) is 2.71. The van der Waals surface area contributed by atoms with E-state index in [-0.39, 0.29) is 0 Å². The van der Waals surface area contributed by atoms with Crippen LogP contribution in [0, 0.1) is 11.3 Å². The predicted molar refractivity (Wildman–Crippen MR) is 48.9 cm³/mol. The van der Waals surface area contributed by atoms with E-state index in [1.165, 1.54) is 0 Å². The number of fused-ring (bicyclic) bond motifs is 1. The molecule has 1 heterocycles. The molecule has 3 heteroatoms. The standard InChI is InChI=1S/C10H7N3/c11-4-3-8-1-2-9-10(7-8)13-6-5-12-9/h1-2,5-7H,3H2. The monoisotopic (exact) mass is 169 g/mol. The number of benzene rings is 1. The van der Waals surface area contributed by atoms with Crippen LogP contribution in [0.2, 0.25) is 0 Å². The third-order valence-electron chi connectivity index (χ3n) is 1.82. The van der Waals surface area contributed by atoms with Crippen LogP contribution in [-0.4, -0.2) is 9.97 Å². The molecule has 0 atom stereocenters. The largest absolute Gasteiger partial charge is 0.253 e. The molecule has 3 nitrogen and oxygen atoms in total. The van der Waals surface area contributed by atoms with Crippen LogP contribution in [-0.2, 0) is 6.42 Å². The Labute approximate surface area is 75.7 Å². The Morgan fingerprint density at radius 3 is 2.69 bits per heavy atom. The summed E-state index contributed by atoms with van der Waals surface area (Å²) in [5.74, 6) is 0. The highest BCUT2D eigenvalue weighted by molar-refractivity contribution is 5.74. The highest BCUT2D eigenvalue weighted by atomic mass is 14.8. The minimum Gasteiger partial charge on any atom is -0.253 e. The van der Waals surface area contributed by atoms with Crippen molar-refractivity contribution in [2.75, 3.05) is 0 Å². The van der Waals surface area contributed by atoms with Crippen LogP contribution in [0.5, 0.6) is 0 Å². The van der Waals surface area contributed by atoms with Gasteiger partial charge in [-0.25, -0.2) is 0 Å². The van der Waals surface area contributed by atoms with Gasteiger partial charge in [0.2, 0.25) is 0 Å². The summed E-state index contributed by atoms with van der Waals surface area (Å²) >= 11 is 0. The summed E-state index contributed by atoms with van der Waals surface area (Å²) in [4.78, 5) is 8.29. The molecule has 2 rings (SSSR count). The Balaban J connectivity index is 2.57. The maximum atomic E-state index is 8.51. The lowest BCUT2D eigenvalue weighted by Gasteiger charge is -1.97. The van der Waals surface area contributed by atoms with Crippen molar-refractivity contribution in [3.05, 3.63) is 36.2 Å². The van der Waals surface area contributed by atoms with Gasteiger partial charge < -0.3 is 0 Å². The van der Waals surface area contributed by atoms with Crippen molar-refractivity contribution in [1.29, 1.82) is 5.26 Å². The van der Waals surface area contributed by atoms with Gasteiger partial charge in [-0.1, -0.05) is 6.07 Å². The van der Waals surface area contributed by atoms with E-state index < -0.39 is 0 Å². The summed E-state index contributed by atoms with van der Waals surface area (Å²) < 4.78 is 0. The fourth-order valence-electron chi connectivity index (χ4n) is 1.21. The number of rotatable bonds is 1. The maximum absolute atomic E-state index is 8.51. The summed E-state index contributed by atoms with van der Waals surface area (Å²) in [6.07, 6.45) is 3.73. The van der Waals surface area contributed by atoms with Gasteiger partial charge in [0.05, 0.1) is 23.5 Å². The third kappa shape index (κ3) is 1.47. The average molecular weight is 169 g/mol. The topological polar surface area (TPSA) is 49.6 Å². The molecule has 0 aliphatic heterocycles. The lowest BCUT2D eigenvalue weighted by Crippen LogP contribution is -1.85. The average Bonchev–Trinajstić information content (AvgIpc) is 2.18. The van der Waals surface area contributed by atoms with Crippen LogP contribution in [0.1, 0.15) is 5.56 Å². The first-order chi connectivity index (χ1) is 6.40. The van der Waals surface area contributed by atoms with Crippen molar-refractivity contribution in [2.24, 2.45) is 0 Å². The Hall–Kier alpha value is -1.95. The molecule has 62 valence electrons. The minimum atomic E-state index is 0.423. The second-order valence-corrected chi connectivity index (χ2v) is 2.71. The number of hydrogen-bond acceptors (Lipinski definition) is 3. The molecule has 0 N–H and O–H groups in total. The van der Waals surface area contributed by atoms with Crippen molar-refractivity contribution in [3.63, 3.8) is 0 Å². The van der Waals surface area contributed by atoms with Gasteiger partial charge in [0.1, 0.15) is 0 Å². The summed E-state index contributed by atoms with van der Waals surface area (Å²) in [7, 11) is 0. The SMILES string of the molecule is N#CCc1ccc2nccnc2c1. The highest BCUT2D eigenvalue weighted by Gasteiger charge is 1.96. The fraction of sp³-hybridized carbons (Fsp3) is 0.100. The Kier molecular flexibility index (Phi) is 1.89.